The summed E-state index contributed by atoms with van der Waals surface area (Å²) < 4.78 is 5.52. The summed E-state index contributed by atoms with van der Waals surface area (Å²) in [6.07, 6.45) is 3.56. The van der Waals surface area contributed by atoms with Gasteiger partial charge in [-0.15, -0.1) is 0 Å². The van der Waals surface area contributed by atoms with Gasteiger partial charge >= 0.3 is 5.97 Å². The standard InChI is InChI=1S/C11H14O4/c1-6(11(13)14)4-7-2-3-8-5-9(12)10(7)15-8/h4,7-8,10H,2-3,5H2,1H3,(H,13,14). The molecule has 2 fully saturated rings. The number of rotatable bonds is 2. The molecule has 4 nitrogen and oxygen atoms in total. The van der Waals surface area contributed by atoms with Crippen LogP contribution in [-0.2, 0) is 14.3 Å². The lowest BCUT2D eigenvalue weighted by Crippen LogP contribution is -2.30. The molecule has 0 aromatic heterocycles. The number of fused-ring (bicyclic) bond motifs is 2. The highest BCUT2D eigenvalue weighted by Gasteiger charge is 2.42. The van der Waals surface area contributed by atoms with Crippen molar-refractivity contribution in [3.05, 3.63) is 11.6 Å². The minimum atomic E-state index is -0.928. The molecule has 0 aromatic carbocycles. The van der Waals surface area contributed by atoms with Crippen LogP contribution in [0.25, 0.3) is 0 Å². The number of ketones is 1. The van der Waals surface area contributed by atoms with Gasteiger partial charge in [0.1, 0.15) is 6.10 Å². The molecular formula is C11H14O4. The molecule has 2 rings (SSSR count). The third-order valence-electron chi connectivity index (χ3n) is 3.10. The maximum absolute atomic E-state index is 11.5. The van der Waals surface area contributed by atoms with E-state index in [1.165, 1.54) is 0 Å². The van der Waals surface area contributed by atoms with E-state index < -0.39 is 12.1 Å². The minimum absolute atomic E-state index is 0.0488. The predicted octanol–water partition coefficient (Wildman–Crippen LogP) is 1.15. The van der Waals surface area contributed by atoms with E-state index in [4.69, 9.17) is 9.84 Å². The molecule has 2 heterocycles. The average molecular weight is 210 g/mol. The first-order valence-electron chi connectivity index (χ1n) is 5.18. The third-order valence-corrected chi connectivity index (χ3v) is 3.10. The molecule has 3 atom stereocenters. The fraction of sp³-hybridized carbons (Fsp3) is 0.636. The molecule has 82 valence electrons. The van der Waals surface area contributed by atoms with Crippen LogP contribution in [0.2, 0.25) is 0 Å². The summed E-state index contributed by atoms with van der Waals surface area (Å²) in [6.45, 7) is 1.55. The molecule has 0 spiro atoms. The lowest BCUT2D eigenvalue weighted by molar-refractivity contribution is -0.133. The van der Waals surface area contributed by atoms with E-state index in [2.05, 4.69) is 0 Å². The first kappa shape index (κ1) is 10.4. The van der Waals surface area contributed by atoms with Gasteiger partial charge in [0.25, 0.3) is 0 Å². The van der Waals surface area contributed by atoms with Crippen molar-refractivity contribution in [3.8, 4) is 0 Å². The van der Waals surface area contributed by atoms with Crippen LogP contribution in [0.4, 0.5) is 0 Å². The van der Waals surface area contributed by atoms with Gasteiger partial charge in [-0.25, -0.2) is 4.79 Å². The van der Waals surface area contributed by atoms with Gasteiger partial charge in [0.15, 0.2) is 5.78 Å². The van der Waals surface area contributed by atoms with Gasteiger partial charge in [0.2, 0.25) is 0 Å². The minimum Gasteiger partial charge on any atom is -0.478 e. The zero-order chi connectivity index (χ0) is 11.0. The van der Waals surface area contributed by atoms with Crippen molar-refractivity contribution in [2.75, 3.05) is 0 Å². The number of carboxylic acid groups (broad SMARTS) is 1. The van der Waals surface area contributed by atoms with Gasteiger partial charge in [-0.05, 0) is 19.8 Å². The second-order valence-electron chi connectivity index (χ2n) is 4.25. The highest BCUT2D eigenvalue weighted by molar-refractivity contribution is 5.88. The fourth-order valence-electron chi connectivity index (χ4n) is 2.27. The third kappa shape index (κ3) is 1.95. The number of aliphatic carboxylic acids is 1. The first-order valence-corrected chi connectivity index (χ1v) is 5.18. The topological polar surface area (TPSA) is 63.6 Å². The number of carbonyl (C=O) groups excluding carboxylic acids is 1. The molecule has 2 aliphatic rings. The molecule has 15 heavy (non-hydrogen) atoms. The lowest BCUT2D eigenvalue weighted by Gasteiger charge is -2.25. The molecule has 0 saturated carbocycles. The maximum atomic E-state index is 11.5. The van der Waals surface area contributed by atoms with E-state index >= 15 is 0 Å². The van der Waals surface area contributed by atoms with E-state index in [0.717, 1.165) is 12.8 Å². The van der Waals surface area contributed by atoms with Gasteiger partial charge in [-0.3, -0.25) is 4.79 Å². The SMILES string of the molecule is CC(=CC1CCC2CC(=O)C1O2)C(=O)O. The Kier molecular flexibility index (Phi) is 2.61. The van der Waals surface area contributed by atoms with Gasteiger partial charge < -0.3 is 9.84 Å². The number of carbonyl (C=O) groups is 2. The molecule has 0 radical (unpaired) electrons. The summed E-state index contributed by atoms with van der Waals surface area (Å²) in [5.74, 6) is -0.855. The maximum Gasteiger partial charge on any atom is 0.330 e. The van der Waals surface area contributed by atoms with Gasteiger partial charge in [-0.2, -0.15) is 0 Å². The van der Waals surface area contributed by atoms with Crippen molar-refractivity contribution >= 4 is 11.8 Å². The highest BCUT2D eigenvalue weighted by atomic mass is 16.5. The van der Waals surface area contributed by atoms with Crippen molar-refractivity contribution in [3.63, 3.8) is 0 Å². The average Bonchev–Trinajstić information content (AvgIpc) is 2.48. The number of ether oxygens (including phenoxy) is 1. The molecule has 1 N–H and O–H groups in total. The molecule has 0 amide bonds. The summed E-state index contributed by atoms with van der Waals surface area (Å²) in [6, 6.07) is 0. The quantitative estimate of drug-likeness (QED) is 0.694. The Morgan fingerprint density at radius 3 is 2.93 bits per heavy atom. The number of hydrogen-bond donors (Lipinski definition) is 1. The molecule has 2 aliphatic heterocycles. The smallest absolute Gasteiger partial charge is 0.330 e. The van der Waals surface area contributed by atoms with E-state index in [9.17, 15) is 9.59 Å². The van der Waals surface area contributed by atoms with Gasteiger partial charge in [-0.1, -0.05) is 6.08 Å². The fourth-order valence-corrected chi connectivity index (χ4v) is 2.27. The second kappa shape index (κ2) is 3.77. The number of Topliss-reactive ketones (excluding diaryl/α,β-unsaturated/α-hetero) is 1. The van der Waals surface area contributed by atoms with Crippen molar-refractivity contribution < 1.29 is 19.4 Å². The Morgan fingerprint density at radius 2 is 2.27 bits per heavy atom. The largest absolute Gasteiger partial charge is 0.478 e. The Balaban J connectivity index is 2.13. The molecular weight excluding hydrogens is 196 g/mol. The Labute approximate surface area is 87.9 Å². The van der Waals surface area contributed by atoms with E-state index in [0.29, 0.717) is 12.0 Å². The molecule has 0 aromatic rings. The Bertz CT molecular complexity index is 331. The lowest BCUT2D eigenvalue weighted by atomic mass is 9.93. The zero-order valence-electron chi connectivity index (χ0n) is 8.60. The van der Waals surface area contributed by atoms with Crippen LogP contribution in [0, 0.1) is 5.92 Å². The first-order chi connectivity index (χ1) is 7.08. The van der Waals surface area contributed by atoms with Crippen LogP contribution in [0.1, 0.15) is 26.2 Å². The second-order valence-corrected chi connectivity index (χ2v) is 4.25. The number of carboxylic acids is 1. The zero-order valence-corrected chi connectivity index (χ0v) is 8.60. The van der Waals surface area contributed by atoms with E-state index in [1.54, 1.807) is 13.0 Å². The van der Waals surface area contributed by atoms with Crippen molar-refractivity contribution in [2.45, 2.75) is 38.4 Å². The van der Waals surface area contributed by atoms with Crippen molar-refractivity contribution in [1.29, 1.82) is 0 Å². The Hall–Kier alpha value is -1.16. The van der Waals surface area contributed by atoms with Gasteiger partial charge in [0.05, 0.1) is 6.10 Å². The van der Waals surface area contributed by atoms with Crippen molar-refractivity contribution in [1.82, 2.24) is 0 Å². The van der Waals surface area contributed by atoms with Crippen LogP contribution >= 0.6 is 0 Å². The molecule has 2 saturated heterocycles. The van der Waals surface area contributed by atoms with Crippen LogP contribution < -0.4 is 0 Å². The van der Waals surface area contributed by atoms with Gasteiger partial charge in [0, 0.05) is 17.9 Å². The summed E-state index contributed by atoms with van der Waals surface area (Å²) >= 11 is 0. The van der Waals surface area contributed by atoms with Crippen LogP contribution in [0.3, 0.4) is 0 Å². The van der Waals surface area contributed by atoms with Crippen LogP contribution in [-0.4, -0.2) is 29.1 Å². The molecule has 0 aliphatic carbocycles. The van der Waals surface area contributed by atoms with Crippen LogP contribution in [0.5, 0.6) is 0 Å². The van der Waals surface area contributed by atoms with Crippen LogP contribution in [0.15, 0.2) is 11.6 Å². The highest BCUT2D eigenvalue weighted by Crippen LogP contribution is 2.35. The summed E-state index contributed by atoms with van der Waals surface area (Å²) in [4.78, 5) is 22.2. The number of hydrogen-bond acceptors (Lipinski definition) is 3. The molecule has 3 unspecified atom stereocenters. The monoisotopic (exact) mass is 210 g/mol. The van der Waals surface area contributed by atoms with E-state index in [1.807, 2.05) is 0 Å². The Morgan fingerprint density at radius 1 is 1.53 bits per heavy atom. The van der Waals surface area contributed by atoms with Crippen molar-refractivity contribution in [2.24, 2.45) is 5.92 Å². The van der Waals surface area contributed by atoms with E-state index in [-0.39, 0.29) is 17.8 Å². The molecule has 2 bridgehead atoms. The summed E-state index contributed by atoms with van der Waals surface area (Å²) in [7, 11) is 0. The molecule has 4 heteroatoms. The summed E-state index contributed by atoms with van der Waals surface area (Å²) in [5.41, 5.74) is 0.293. The summed E-state index contributed by atoms with van der Waals surface area (Å²) in [5, 5.41) is 8.75. The normalized spacial score (nSPS) is 35.7. The predicted molar refractivity (Wildman–Crippen MR) is 52.4 cm³/mol.